The van der Waals surface area contributed by atoms with Crippen molar-refractivity contribution in [3.05, 3.63) is 35.4 Å². The quantitative estimate of drug-likeness (QED) is 0.865. The summed E-state index contributed by atoms with van der Waals surface area (Å²) >= 11 is 0. The molecule has 3 nitrogen and oxygen atoms in total. The van der Waals surface area contributed by atoms with Crippen molar-refractivity contribution in [1.82, 2.24) is 4.90 Å². The van der Waals surface area contributed by atoms with Crippen LogP contribution in [0.3, 0.4) is 0 Å². The van der Waals surface area contributed by atoms with Crippen molar-refractivity contribution in [3.8, 4) is 0 Å². The topological polar surface area (TPSA) is 46.3 Å². The van der Waals surface area contributed by atoms with Gasteiger partial charge in [-0.2, -0.15) is 0 Å². The number of hydrogen-bond acceptors (Lipinski definition) is 2. The molecule has 0 spiro atoms. The number of amides is 1. The molecular weight excluding hydrogens is 212 g/mol. The first-order valence-corrected chi connectivity index (χ1v) is 5.98. The molecule has 0 aliphatic rings. The largest absolute Gasteiger partial charge is 0.341 e. The molecule has 94 valence electrons. The molecule has 3 heteroatoms. The van der Waals surface area contributed by atoms with Gasteiger partial charge in [-0.15, -0.1) is 0 Å². The first-order chi connectivity index (χ1) is 7.91. The first kappa shape index (κ1) is 13.7. The molecule has 1 aromatic carbocycles. The zero-order valence-electron chi connectivity index (χ0n) is 11.1. The van der Waals surface area contributed by atoms with E-state index in [1.807, 2.05) is 33.0 Å². The lowest BCUT2D eigenvalue weighted by Crippen LogP contribution is -2.39. The second-order valence-electron chi connectivity index (χ2n) is 4.83. The zero-order valence-corrected chi connectivity index (χ0v) is 11.1. The van der Waals surface area contributed by atoms with Crippen molar-refractivity contribution in [3.63, 3.8) is 0 Å². The lowest BCUT2D eigenvalue weighted by Gasteiger charge is -2.23. The van der Waals surface area contributed by atoms with Crippen LogP contribution < -0.4 is 5.73 Å². The van der Waals surface area contributed by atoms with Gasteiger partial charge in [0.15, 0.2) is 0 Å². The molecule has 0 heterocycles. The maximum Gasteiger partial charge on any atom is 0.226 e. The summed E-state index contributed by atoms with van der Waals surface area (Å²) < 4.78 is 0. The average molecular weight is 234 g/mol. The fourth-order valence-corrected chi connectivity index (χ4v) is 1.73. The van der Waals surface area contributed by atoms with E-state index in [9.17, 15) is 4.79 Å². The van der Waals surface area contributed by atoms with Crippen LogP contribution in [0.4, 0.5) is 0 Å². The van der Waals surface area contributed by atoms with Crippen LogP contribution >= 0.6 is 0 Å². The highest BCUT2D eigenvalue weighted by molar-refractivity contribution is 5.78. The molecule has 0 saturated heterocycles. The summed E-state index contributed by atoms with van der Waals surface area (Å²) in [7, 11) is 1.82. The molecular formula is C14H22N2O. The van der Waals surface area contributed by atoms with Crippen LogP contribution in [-0.4, -0.2) is 23.9 Å². The summed E-state index contributed by atoms with van der Waals surface area (Å²) in [5, 5.41) is 0. The number of benzene rings is 1. The van der Waals surface area contributed by atoms with Crippen molar-refractivity contribution >= 4 is 5.91 Å². The molecule has 1 amide bonds. The number of nitrogens with zero attached hydrogens (tertiary/aromatic N) is 1. The molecule has 2 N–H and O–H groups in total. The minimum atomic E-state index is -0.134. The van der Waals surface area contributed by atoms with Crippen LogP contribution in [-0.2, 0) is 11.3 Å². The van der Waals surface area contributed by atoms with Crippen LogP contribution in [0, 0.1) is 12.8 Å². The molecule has 2 atom stereocenters. The minimum Gasteiger partial charge on any atom is -0.341 e. The van der Waals surface area contributed by atoms with Crippen LogP contribution in [0.5, 0.6) is 0 Å². The van der Waals surface area contributed by atoms with Crippen molar-refractivity contribution in [2.24, 2.45) is 11.7 Å². The maximum atomic E-state index is 12.0. The minimum absolute atomic E-state index is 0.0986. The van der Waals surface area contributed by atoms with Crippen molar-refractivity contribution in [2.75, 3.05) is 7.05 Å². The van der Waals surface area contributed by atoms with Gasteiger partial charge < -0.3 is 10.6 Å². The van der Waals surface area contributed by atoms with Gasteiger partial charge in [-0.3, -0.25) is 4.79 Å². The van der Waals surface area contributed by atoms with Crippen LogP contribution in [0.2, 0.25) is 0 Å². The Hall–Kier alpha value is -1.35. The maximum absolute atomic E-state index is 12.0. The Morgan fingerprint density at radius 3 is 2.59 bits per heavy atom. The van der Waals surface area contributed by atoms with Crippen LogP contribution in [0.1, 0.15) is 25.0 Å². The summed E-state index contributed by atoms with van der Waals surface area (Å²) in [6, 6.07) is 8.09. The van der Waals surface area contributed by atoms with Gasteiger partial charge in [-0.1, -0.05) is 36.8 Å². The molecule has 17 heavy (non-hydrogen) atoms. The van der Waals surface area contributed by atoms with Gasteiger partial charge in [0, 0.05) is 19.6 Å². The summed E-state index contributed by atoms with van der Waals surface area (Å²) in [4.78, 5) is 13.8. The van der Waals surface area contributed by atoms with E-state index in [2.05, 4.69) is 19.1 Å². The molecule has 0 bridgehead atoms. The lowest BCUT2D eigenvalue weighted by atomic mass is 10.0. The van der Waals surface area contributed by atoms with E-state index in [1.165, 1.54) is 5.56 Å². The average Bonchev–Trinajstić information content (AvgIpc) is 2.26. The molecule has 2 unspecified atom stereocenters. The molecule has 0 aliphatic heterocycles. The number of hydrogen-bond donors (Lipinski definition) is 1. The van der Waals surface area contributed by atoms with E-state index >= 15 is 0 Å². The van der Waals surface area contributed by atoms with Gasteiger partial charge in [0.2, 0.25) is 5.91 Å². The van der Waals surface area contributed by atoms with E-state index in [1.54, 1.807) is 4.90 Å². The second-order valence-corrected chi connectivity index (χ2v) is 4.83. The highest BCUT2D eigenvalue weighted by Gasteiger charge is 2.20. The SMILES string of the molecule is Cc1cccc(CN(C)C(=O)C(C)C(C)N)c1. The van der Waals surface area contributed by atoms with E-state index in [0.717, 1.165) is 5.56 Å². The van der Waals surface area contributed by atoms with Crippen LogP contribution in [0.25, 0.3) is 0 Å². The number of carbonyl (C=O) groups is 1. The summed E-state index contributed by atoms with van der Waals surface area (Å²) in [6.07, 6.45) is 0. The Kier molecular flexibility index (Phi) is 4.70. The van der Waals surface area contributed by atoms with Crippen LogP contribution in [0.15, 0.2) is 24.3 Å². The highest BCUT2D eigenvalue weighted by atomic mass is 16.2. The summed E-state index contributed by atoms with van der Waals surface area (Å²) in [5.41, 5.74) is 8.11. The second kappa shape index (κ2) is 5.82. The fourth-order valence-electron chi connectivity index (χ4n) is 1.73. The predicted octanol–water partition coefficient (Wildman–Crippen LogP) is 1.94. The number of nitrogens with two attached hydrogens (primary N) is 1. The Labute approximate surface area is 104 Å². The van der Waals surface area contributed by atoms with Crippen molar-refractivity contribution in [1.29, 1.82) is 0 Å². The number of carbonyl (C=O) groups excluding carboxylic acids is 1. The normalized spacial score (nSPS) is 14.2. The monoisotopic (exact) mass is 234 g/mol. The number of rotatable bonds is 4. The molecule has 0 fully saturated rings. The van der Waals surface area contributed by atoms with E-state index in [-0.39, 0.29) is 17.9 Å². The molecule has 1 rings (SSSR count). The third kappa shape index (κ3) is 3.86. The zero-order chi connectivity index (χ0) is 13.0. The Balaban J connectivity index is 2.66. The molecule has 0 radical (unpaired) electrons. The lowest BCUT2D eigenvalue weighted by molar-refractivity contribution is -0.134. The highest BCUT2D eigenvalue weighted by Crippen LogP contribution is 2.10. The van der Waals surface area contributed by atoms with Gasteiger partial charge in [0.25, 0.3) is 0 Å². The summed E-state index contributed by atoms with van der Waals surface area (Å²) in [5.74, 6) is -0.0358. The predicted molar refractivity (Wildman–Crippen MR) is 70.5 cm³/mol. The fraction of sp³-hybridized carbons (Fsp3) is 0.500. The van der Waals surface area contributed by atoms with Crippen molar-refractivity contribution < 1.29 is 4.79 Å². The first-order valence-electron chi connectivity index (χ1n) is 5.98. The smallest absolute Gasteiger partial charge is 0.226 e. The van der Waals surface area contributed by atoms with Gasteiger partial charge in [0.1, 0.15) is 0 Å². The third-order valence-electron chi connectivity index (χ3n) is 3.06. The van der Waals surface area contributed by atoms with Gasteiger partial charge in [-0.25, -0.2) is 0 Å². The molecule has 0 aliphatic carbocycles. The van der Waals surface area contributed by atoms with Gasteiger partial charge >= 0.3 is 0 Å². The standard InChI is InChI=1S/C14H22N2O/c1-10-6-5-7-13(8-10)9-16(4)14(17)11(2)12(3)15/h5-8,11-12H,9,15H2,1-4H3. The van der Waals surface area contributed by atoms with E-state index < -0.39 is 0 Å². The Morgan fingerprint density at radius 1 is 1.41 bits per heavy atom. The Morgan fingerprint density at radius 2 is 2.06 bits per heavy atom. The molecule has 0 saturated carbocycles. The van der Waals surface area contributed by atoms with E-state index in [4.69, 9.17) is 5.73 Å². The number of aryl methyl sites for hydroxylation is 1. The third-order valence-corrected chi connectivity index (χ3v) is 3.06. The molecule has 0 aromatic heterocycles. The Bertz CT molecular complexity index is 388. The van der Waals surface area contributed by atoms with Gasteiger partial charge in [0.05, 0.1) is 5.92 Å². The van der Waals surface area contributed by atoms with E-state index in [0.29, 0.717) is 6.54 Å². The molecule has 1 aromatic rings. The van der Waals surface area contributed by atoms with Crippen molar-refractivity contribution in [2.45, 2.75) is 33.4 Å². The van der Waals surface area contributed by atoms with Gasteiger partial charge in [-0.05, 0) is 19.4 Å². The summed E-state index contributed by atoms with van der Waals surface area (Å²) in [6.45, 7) is 6.43.